The van der Waals surface area contributed by atoms with Crippen LogP contribution in [0.3, 0.4) is 0 Å². The minimum absolute atomic E-state index is 0.0142. The number of allylic oxidation sites excluding steroid dienone is 1. The highest BCUT2D eigenvalue weighted by molar-refractivity contribution is 6.42. The fourth-order valence-electron chi connectivity index (χ4n) is 4.25. The smallest absolute Gasteiger partial charge is 0.336 e. The number of nitrogens with one attached hydrogen (secondary N) is 1. The van der Waals surface area contributed by atoms with Crippen LogP contribution in [0.2, 0.25) is 10.0 Å². The lowest BCUT2D eigenvalue weighted by molar-refractivity contribution is -0.141. The number of ether oxygens (including phenoxy) is 1. The van der Waals surface area contributed by atoms with Crippen LogP contribution in [0.1, 0.15) is 50.7 Å². The van der Waals surface area contributed by atoms with Gasteiger partial charge in [-0.25, -0.2) is 4.79 Å². The number of carbonyl (C=O) groups excluding carboxylic acids is 3. The number of halogens is 2. The van der Waals surface area contributed by atoms with Crippen molar-refractivity contribution in [2.24, 2.45) is 0 Å². The van der Waals surface area contributed by atoms with Crippen LogP contribution in [-0.4, -0.2) is 41.9 Å². The maximum atomic E-state index is 13.1. The molecule has 1 aliphatic heterocycles. The molecule has 3 rings (SSSR count). The molecule has 0 saturated carbocycles. The molecule has 2 aromatic rings. The first-order chi connectivity index (χ1) is 16.7. The average molecular weight is 517 g/mol. The summed E-state index contributed by atoms with van der Waals surface area (Å²) in [5, 5.41) is 3.68. The minimum Gasteiger partial charge on any atom is -0.463 e. The average Bonchev–Trinajstić information content (AvgIpc) is 2.82. The van der Waals surface area contributed by atoms with Crippen LogP contribution in [0.25, 0.3) is 0 Å². The van der Waals surface area contributed by atoms with Gasteiger partial charge < -0.3 is 15.0 Å². The molecule has 8 heteroatoms. The summed E-state index contributed by atoms with van der Waals surface area (Å²) in [6, 6.07) is 15.0. The summed E-state index contributed by atoms with van der Waals surface area (Å²) in [6.07, 6.45) is 1.62. The van der Waals surface area contributed by atoms with E-state index in [2.05, 4.69) is 17.4 Å². The van der Waals surface area contributed by atoms with E-state index in [9.17, 15) is 14.4 Å². The third-order valence-electron chi connectivity index (χ3n) is 6.08. The number of hydrogen-bond donors (Lipinski definition) is 1. The third kappa shape index (κ3) is 6.86. The molecule has 0 radical (unpaired) electrons. The maximum Gasteiger partial charge on any atom is 0.336 e. The summed E-state index contributed by atoms with van der Waals surface area (Å²) in [4.78, 5) is 40.1. The Bertz CT molecular complexity index is 1120. The predicted molar refractivity (Wildman–Crippen MR) is 137 cm³/mol. The summed E-state index contributed by atoms with van der Waals surface area (Å²) >= 11 is 12.2. The Balaban J connectivity index is 1.76. The van der Waals surface area contributed by atoms with Crippen LogP contribution in [0.5, 0.6) is 0 Å². The van der Waals surface area contributed by atoms with Crippen molar-refractivity contribution in [1.82, 2.24) is 10.2 Å². The number of aryl methyl sites for hydroxylation is 1. The number of hydrogen-bond acceptors (Lipinski definition) is 4. The quantitative estimate of drug-likeness (QED) is 0.459. The lowest BCUT2D eigenvalue weighted by Crippen LogP contribution is -2.45. The van der Waals surface area contributed by atoms with Gasteiger partial charge >= 0.3 is 5.97 Å². The Morgan fingerprint density at radius 3 is 2.51 bits per heavy atom. The van der Waals surface area contributed by atoms with E-state index >= 15 is 0 Å². The highest BCUT2D eigenvalue weighted by Gasteiger charge is 2.37. The van der Waals surface area contributed by atoms with Crippen LogP contribution < -0.4 is 5.32 Å². The molecule has 0 spiro atoms. The first kappa shape index (κ1) is 26.8. The van der Waals surface area contributed by atoms with E-state index in [4.69, 9.17) is 27.9 Å². The molecule has 1 N–H and O–H groups in total. The van der Waals surface area contributed by atoms with Crippen LogP contribution >= 0.6 is 23.2 Å². The highest BCUT2D eigenvalue weighted by Crippen LogP contribution is 2.38. The van der Waals surface area contributed by atoms with E-state index in [0.717, 1.165) is 12.8 Å². The molecular weight excluding hydrogens is 487 g/mol. The zero-order chi connectivity index (χ0) is 25.5. The fraction of sp³-hybridized carbons (Fsp3) is 0.370. The van der Waals surface area contributed by atoms with Crippen LogP contribution in [0.4, 0.5) is 0 Å². The van der Waals surface area contributed by atoms with E-state index in [-0.39, 0.29) is 37.4 Å². The Morgan fingerprint density at radius 1 is 1.14 bits per heavy atom. The molecule has 0 aromatic heterocycles. The number of esters is 1. The standard InChI is InChI=1S/C27H30Cl2N2O4/c1-4-35-27(34)26-18(3)31(25(33)15-21(26)20-12-13-22(28)23(29)14-20)16-24(32)30-17(2)10-11-19-8-6-5-7-9-19/h5-9,12-14,17,21H,4,10-11,15-16H2,1-3H3,(H,30,32). The van der Waals surface area contributed by atoms with Gasteiger partial charge in [0.25, 0.3) is 0 Å². The van der Waals surface area contributed by atoms with E-state index in [1.807, 2.05) is 25.1 Å². The largest absolute Gasteiger partial charge is 0.463 e. The van der Waals surface area contributed by atoms with Gasteiger partial charge in [0.05, 0.1) is 22.2 Å². The Hall–Kier alpha value is -2.83. The van der Waals surface area contributed by atoms with Gasteiger partial charge in [0.2, 0.25) is 11.8 Å². The van der Waals surface area contributed by atoms with Gasteiger partial charge in [-0.05, 0) is 56.9 Å². The van der Waals surface area contributed by atoms with Crippen LogP contribution in [-0.2, 0) is 25.5 Å². The van der Waals surface area contributed by atoms with Crippen molar-refractivity contribution >= 4 is 41.0 Å². The van der Waals surface area contributed by atoms with Gasteiger partial charge in [0, 0.05) is 24.1 Å². The first-order valence-electron chi connectivity index (χ1n) is 11.7. The van der Waals surface area contributed by atoms with Crippen molar-refractivity contribution in [3.05, 3.63) is 81.0 Å². The van der Waals surface area contributed by atoms with Crippen molar-refractivity contribution < 1.29 is 19.1 Å². The minimum atomic E-state index is -0.541. The van der Waals surface area contributed by atoms with Crippen molar-refractivity contribution in [3.63, 3.8) is 0 Å². The lowest BCUT2D eigenvalue weighted by Gasteiger charge is -2.34. The van der Waals surface area contributed by atoms with Gasteiger partial charge in [-0.15, -0.1) is 0 Å². The SMILES string of the molecule is CCOC(=O)C1=C(C)N(CC(=O)NC(C)CCc2ccccc2)C(=O)CC1c1ccc(Cl)c(Cl)c1. The molecule has 35 heavy (non-hydrogen) atoms. The molecule has 0 saturated heterocycles. The van der Waals surface area contributed by atoms with Crippen molar-refractivity contribution in [2.75, 3.05) is 13.2 Å². The number of benzene rings is 2. The van der Waals surface area contributed by atoms with Gasteiger partial charge in [-0.1, -0.05) is 59.6 Å². The summed E-state index contributed by atoms with van der Waals surface area (Å²) in [5.41, 5.74) is 2.64. The van der Waals surface area contributed by atoms with Gasteiger partial charge in [-0.2, -0.15) is 0 Å². The summed E-state index contributed by atoms with van der Waals surface area (Å²) < 4.78 is 5.29. The molecule has 2 aromatic carbocycles. The monoisotopic (exact) mass is 516 g/mol. The second-order valence-corrected chi connectivity index (χ2v) is 9.44. The van der Waals surface area contributed by atoms with E-state index in [0.29, 0.717) is 26.9 Å². The van der Waals surface area contributed by atoms with E-state index in [1.54, 1.807) is 32.0 Å². The summed E-state index contributed by atoms with van der Waals surface area (Å²) in [5.74, 6) is -1.59. The van der Waals surface area contributed by atoms with Crippen LogP contribution in [0.15, 0.2) is 59.8 Å². The molecule has 0 aliphatic carbocycles. The van der Waals surface area contributed by atoms with Gasteiger partial charge in [0.1, 0.15) is 6.54 Å². The topological polar surface area (TPSA) is 75.7 Å². The molecule has 6 nitrogen and oxygen atoms in total. The van der Waals surface area contributed by atoms with Crippen molar-refractivity contribution in [1.29, 1.82) is 0 Å². The molecule has 2 unspecified atom stereocenters. The fourth-order valence-corrected chi connectivity index (χ4v) is 4.56. The number of nitrogens with zero attached hydrogens (tertiary/aromatic N) is 1. The Kier molecular flexibility index (Phi) is 9.35. The zero-order valence-corrected chi connectivity index (χ0v) is 21.7. The lowest BCUT2D eigenvalue weighted by atomic mass is 9.83. The number of amides is 2. The third-order valence-corrected chi connectivity index (χ3v) is 6.82. The number of carbonyl (C=O) groups is 3. The normalized spacial score (nSPS) is 16.8. The van der Waals surface area contributed by atoms with E-state index in [1.165, 1.54) is 10.5 Å². The first-order valence-corrected chi connectivity index (χ1v) is 12.4. The Morgan fingerprint density at radius 2 is 1.86 bits per heavy atom. The Labute approximate surface area is 216 Å². The van der Waals surface area contributed by atoms with E-state index < -0.39 is 11.9 Å². The van der Waals surface area contributed by atoms with Crippen molar-refractivity contribution in [3.8, 4) is 0 Å². The second kappa shape index (κ2) is 12.2. The molecule has 186 valence electrons. The highest BCUT2D eigenvalue weighted by atomic mass is 35.5. The molecule has 2 amide bonds. The summed E-state index contributed by atoms with van der Waals surface area (Å²) in [7, 11) is 0. The molecule has 0 fully saturated rings. The summed E-state index contributed by atoms with van der Waals surface area (Å²) in [6.45, 7) is 5.35. The molecule has 1 heterocycles. The van der Waals surface area contributed by atoms with Crippen LogP contribution in [0, 0.1) is 0 Å². The van der Waals surface area contributed by atoms with Gasteiger partial charge in [-0.3, -0.25) is 9.59 Å². The second-order valence-electron chi connectivity index (χ2n) is 8.62. The zero-order valence-electron chi connectivity index (χ0n) is 20.1. The number of rotatable bonds is 9. The maximum absolute atomic E-state index is 13.1. The molecule has 0 bridgehead atoms. The molecular formula is C27H30Cl2N2O4. The molecule has 1 aliphatic rings. The van der Waals surface area contributed by atoms with Crippen molar-refractivity contribution in [2.45, 2.75) is 52.0 Å². The van der Waals surface area contributed by atoms with Gasteiger partial charge in [0.15, 0.2) is 0 Å². The predicted octanol–water partition coefficient (Wildman–Crippen LogP) is 5.28. The molecule has 2 atom stereocenters.